The molecule has 0 aliphatic carbocycles. The van der Waals surface area contributed by atoms with Crippen LogP contribution in [0.5, 0.6) is 0 Å². The SMILES string of the molecule is Cc1ccnc(-c2ccccc2)c1C(=O)Cl. The number of hydrogen-bond acceptors (Lipinski definition) is 2. The summed E-state index contributed by atoms with van der Waals surface area (Å²) in [5, 5.41) is -0.468. The zero-order chi connectivity index (χ0) is 11.5. The van der Waals surface area contributed by atoms with Crippen LogP contribution in [0.1, 0.15) is 15.9 Å². The highest BCUT2D eigenvalue weighted by Crippen LogP contribution is 2.24. The molecular weight excluding hydrogens is 222 g/mol. The molecule has 3 heteroatoms. The number of rotatable bonds is 2. The maximum absolute atomic E-state index is 11.4. The minimum absolute atomic E-state index is 0.468. The predicted octanol–water partition coefficient (Wildman–Crippen LogP) is 3.44. The number of aromatic nitrogens is 1. The minimum Gasteiger partial charge on any atom is -0.276 e. The van der Waals surface area contributed by atoms with Crippen LogP contribution in [0.15, 0.2) is 42.6 Å². The largest absolute Gasteiger partial charge is 0.276 e. The fraction of sp³-hybridized carbons (Fsp3) is 0.0769. The van der Waals surface area contributed by atoms with E-state index in [1.54, 1.807) is 12.3 Å². The van der Waals surface area contributed by atoms with Crippen LogP contribution in [0, 0.1) is 6.92 Å². The van der Waals surface area contributed by atoms with Crippen molar-refractivity contribution in [3.8, 4) is 11.3 Å². The van der Waals surface area contributed by atoms with Crippen LogP contribution in [0.4, 0.5) is 0 Å². The highest BCUT2D eigenvalue weighted by Gasteiger charge is 2.14. The molecule has 0 aliphatic rings. The lowest BCUT2D eigenvalue weighted by Gasteiger charge is -2.07. The van der Waals surface area contributed by atoms with Gasteiger partial charge in [-0.2, -0.15) is 0 Å². The summed E-state index contributed by atoms with van der Waals surface area (Å²) in [5.74, 6) is 0. The molecule has 16 heavy (non-hydrogen) atoms. The normalized spacial score (nSPS) is 10.1. The van der Waals surface area contributed by atoms with E-state index in [1.165, 1.54) is 0 Å². The average Bonchev–Trinajstić information content (AvgIpc) is 2.29. The summed E-state index contributed by atoms with van der Waals surface area (Å²) in [4.78, 5) is 15.6. The van der Waals surface area contributed by atoms with Crippen LogP contribution in [-0.4, -0.2) is 10.2 Å². The molecule has 0 saturated carbocycles. The first-order chi connectivity index (χ1) is 7.70. The van der Waals surface area contributed by atoms with Crippen molar-refractivity contribution in [2.24, 2.45) is 0 Å². The van der Waals surface area contributed by atoms with Gasteiger partial charge in [-0.1, -0.05) is 30.3 Å². The van der Waals surface area contributed by atoms with Crippen molar-refractivity contribution in [3.63, 3.8) is 0 Å². The van der Waals surface area contributed by atoms with E-state index in [0.717, 1.165) is 11.1 Å². The van der Waals surface area contributed by atoms with Crippen molar-refractivity contribution < 1.29 is 4.79 Å². The van der Waals surface area contributed by atoms with Gasteiger partial charge in [0.1, 0.15) is 0 Å². The fourth-order valence-corrected chi connectivity index (χ4v) is 1.86. The molecule has 2 nitrogen and oxygen atoms in total. The van der Waals surface area contributed by atoms with Gasteiger partial charge in [0, 0.05) is 11.8 Å². The van der Waals surface area contributed by atoms with E-state index in [9.17, 15) is 4.79 Å². The van der Waals surface area contributed by atoms with Crippen LogP contribution < -0.4 is 0 Å². The number of hydrogen-bond donors (Lipinski definition) is 0. The predicted molar refractivity (Wildman–Crippen MR) is 64.6 cm³/mol. The molecule has 2 aromatic rings. The van der Waals surface area contributed by atoms with E-state index in [-0.39, 0.29) is 0 Å². The first kappa shape index (κ1) is 10.8. The number of carbonyl (C=O) groups excluding carboxylic acids is 1. The fourth-order valence-electron chi connectivity index (χ4n) is 1.62. The van der Waals surface area contributed by atoms with Gasteiger partial charge in [-0.15, -0.1) is 0 Å². The Hall–Kier alpha value is -1.67. The Kier molecular flexibility index (Phi) is 3.02. The molecular formula is C13H10ClNO. The van der Waals surface area contributed by atoms with Gasteiger partial charge in [0.25, 0.3) is 5.24 Å². The molecule has 0 spiro atoms. The quantitative estimate of drug-likeness (QED) is 0.742. The van der Waals surface area contributed by atoms with Crippen molar-refractivity contribution in [1.82, 2.24) is 4.98 Å². The molecule has 0 amide bonds. The van der Waals surface area contributed by atoms with Crippen molar-refractivity contribution in [2.45, 2.75) is 6.92 Å². The lowest BCUT2D eigenvalue weighted by atomic mass is 10.0. The average molecular weight is 232 g/mol. The van der Waals surface area contributed by atoms with Gasteiger partial charge in [-0.25, -0.2) is 0 Å². The molecule has 0 atom stereocenters. The zero-order valence-corrected chi connectivity index (χ0v) is 9.53. The second-order valence-electron chi connectivity index (χ2n) is 3.49. The third-order valence-corrected chi connectivity index (χ3v) is 2.59. The lowest BCUT2D eigenvalue weighted by Crippen LogP contribution is -1.99. The molecule has 2 rings (SSSR count). The summed E-state index contributed by atoms with van der Waals surface area (Å²) in [6, 6.07) is 11.3. The van der Waals surface area contributed by atoms with Gasteiger partial charge in [-0.3, -0.25) is 9.78 Å². The Morgan fingerprint density at radius 2 is 1.88 bits per heavy atom. The van der Waals surface area contributed by atoms with Crippen LogP contribution in [-0.2, 0) is 0 Å². The number of carbonyl (C=O) groups is 1. The summed E-state index contributed by atoms with van der Waals surface area (Å²) in [5.41, 5.74) is 2.86. The van der Waals surface area contributed by atoms with Crippen molar-refractivity contribution in [2.75, 3.05) is 0 Å². The van der Waals surface area contributed by atoms with E-state index in [4.69, 9.17) is 11.6 Å². The first-order valence-electron chi connectivity index (χ1n) is 4.91. The van der Waals surface area contributed by atoms with Gasteiger partial charge < -0.3 is 0 Å². The van der Waals surface area contributed by atoms with Gasteiger partial charge in [0.05, 0.1) is 11.3 Å². The second-order valence-corrected chi connectivity index (χ2v) is 3.83. The molecule has 0 radical (unpaired) electrons. The lowest BCUT2D eigenvalue weighted by molar-refractivity contribution is 0.108. The molecule has 0 aliphatic heterocycles. The Bertz CT molecular complexity index is 523. The van der Waals surface area contributed by atoms with Crippen LogP contribution in [0.25, 0.3) is 11.3 Å². The Morgan fingerprint density at radius 3 is 2.50 bits per heavy atom. The summed E-state index contributed by atoms with van der Waals surface area (Å²) in [6.07, 6.45) is 1.68. The third-order valence-electron chi connectivity index (χ3n) is 2.40. The van der Waals surface area contributed by atoms with Gasteiger partial charge in [-0.05, 0) is 30.2 Å². The number of halogens is 1. The maximum Gasteiger partial charge on any atom is 0.254 e. The van der Waals surface area contributed by atoms with Gasteiger partial charge in [0.15, 0.2) is 0 Å². The zero-order valence-electron chi connectivity index (χ0n) is 8.77. The molecule has 0 bridgehead atoms. The Balaban J connectivity index is 2.66. The second kappa shape index (κ2) is 4.45. The summed E-state index contributed by atoms with van der Waals surface area (Å²) < 4.78 is 0. The molecule has 1 aromatic heterocycles. The molecule has 1 aromatic carbocycles. The van der Waals surface area contributed by atoms with E-state index in [2.05, 4.69) is 4.98 Å². The topological polar surface area (TPSA) is 30.0 Å². The van der Waals surface area contributed by atoms with E-state index < -0.39 is 5.24 Å². The van der Waals surface area contributed by atoms with Crippen molar-refractivity contribution >= 4 is 16.8 Å². The molecule has 0 unspecified atom stereocenters. The summed E-state index contributed by atoms with van der Waals surface area (Å²) >= 11 is 5.58. The number of benzene rings is 1. The summed E-state index contributed by atoms with van der Waals surface area (Å²) in [6.45, 7) is 1.85. The standard InChI is InChI=1S/C13H10ClNO/c1-9-7-8-15-12(11(9)13(14)16)10-5-3-2-4-6-10/h2-8H,1H3. The molecule has 80 valence electrons. The molecule has 0 saturated heterocycles. The van der Waals surface area contributed by atoms with Crippen LogP contribution in [0.3, 0.4) is 0 Å². The number of pyridine rings is 1. The summed E-state index contributed by atoms with van der Waals surface area (Å²) in [7, 11) is 0. The van der Waals surface area contributed by atoms with E-state index >= 15 is 0 Å². The van der Waals surface area contributed by atoms with Crippen molar-refractivity contribution in [3.05, 3.63) is 53.7 Å². The number of nitrogens with zero attached hydrogens (tertiary/aromatic N) is 1. The monoisotopic (exact) mass is 231 g/mol. The highest BCUT2D eigenvalue weighted by atomic mass is 35.5. The smallest absolute Gasteiger partial charge is 0.254 e. The van der Waals surface area contributed by atoms with E-state index in [0.29, 0.717) is 11.3 Å². The Labute approximate surface area is 98.9 Å². The van der Waals surface area contributed by atoms with E-state index in [1.807, 2.05) is 37.3 Å². The molecule has 0 fully saturated rings. The minimum atomic E-state index is -0.468. The van der Waals surface area contributed by atoms with Crippen molar-refractivity contribution in [1.29, 1.82) is 0 Å². The maximum atomic E-state index is 11.4. The van der Waals surface area contributed by atoms with Crippen LogP contribution >= 0.6 is 11.6 Å². The van der Waals surface area contributed by atoms with Gasteiger partial charge >= 0.3 is 0 Å². The van der Waals surface area contributed by atoms with Crippen LogP contribution in [0.2, 0.25) is 0 Å². The molecule has 0 N–H and O–H groups in total. The first-order valence-corrected chi connectivity index (χ1v) is 5.29. The van der Waals surface area contributed by atoms with Gasteiger partial charge in [0.2, 0.25) is 0 Å². The Morgan fingerprint density at radius 1 is 1.19 bits per heavy atom. The highest BCUT2D eigenvalue weighted by molar-refractivity contribution is 6.68. The number of aryl methyl sites for hydroxylation is 1. The molecule has 1 heterocycles. The third kappa shape index (κ3) is 1.97.